The maximum atomic E-state index is 12.6. The fourth-order valence-corrected chi connectivity index (χ4v) is 6.23. The Hall–Kier alpha value is -3.25. The lowest BCUT2D eigenvalue weighted by Crippen LogP contribution is -2.50. The molecule has 5 rings (SSSR count). The van der Waals surface area contributed by atoms with Crippen LogP contribution < -0.4 is 4.72 Å². The van der Waals surface area contributed by atoms with Gasteiger partial charge in [0.2, 0.25) is 10.0 Å². The molecule has 0 bridgehead atoms. The number of fused-ring (bicyclic) bond motifs is 2. The highest BCUT2D eigenvalue weighted by molar-refractivity contribution is 7.88. The van der Waals surface area contributed by atoms with Gasteiger partial charge in [-0.3, -0.25) is 9.88 Å². The molecule has 212 valence electrons. The summed E-state index contributed by atoms with van der Waals surface area (Å²) >= 11 is 6.56. The summed E-state index contributed by atoms with van der Waals surface area (Å²) in [5, 5.41) is 0.534. The average molecular weight is 585 g/mol. The summed E-state index contributed by atoms with van der Waals surface area (Å²) in [6.45, 7) is 5.93. The number of hydrogen-bond donors (Lipinski definition) is 1. The number of nitrogens with one attached hydrogen (secondary N) is 1. The van der Waals surface area contributed by atoms with Crippen LogP contribution in [0.5, 0.6) is 0 Å². The van der Waals surface area contributed by atoms with E-state index in [1.807, 2.05) is 57.3 Å². The molecule has 2 aromatic heterocycles. The van der Waals surface area contributed by atoms with Crippen molar-refractivity contribution in [2.75, 3.05) is 32.4 Å². The first kappa shape index (κ1) is 28.3. The number of aromatic nitrogens is 3. The number of carbonyl (C=O) groups is 1. The molecule has 0 radical (unpaired) electrons. The topological polar surface area (TPSA) is 110 Å². The largest absolute Gasteiger partial charge is 0.447 e. The number of benzene rings is 1. The Morgan fingerprint density at radius 1 is 1.18 bits per heavy atom. The summed E-state index contributed by atoms with van der Waals surface area (Å²) < 4.78 is 35.3. The number of ether oxygens (including phenoxy) is 1. The minimum absolute atomic E-state index is 0.183. The van der Waals surface area contributed by atoms with E-state index in [-0.39, 0.29) is 18.2 Å². The zero-order valence-electron chi connectivity index (χ0n) is 22.9. The molecule has 2 atom stereocenters. The average Bonchev–Trinajstić information content (AvgIpc) is 3.26. The summed E-state index contributed by atoms with van der Waals surface area (Å²) in [4.78, 5) is 25.6. The number of nitrogens with zero attached hydrogens (tertiary/aromatic N) is 5. The summed E-state index contributed by atoms with van der Waals surface area (Å²) in [6.07, 6.45) is 7.72. The van der Waals surface area contributed by atoms with Gasteiger partial charge in [0.05, 0.1) is 48.4 Å². The third kappa shape index (κ3) is 5.92. The zero-order chi connectivity index (χ0) is 28.6. The summed E-state index contributed by atoms with van der Waals surface area (Å²) in [5.74, 6) is 0. The summed E-state index contributed by atoms with van der Waals surface area (Å²) in [7, 11) is -1.78. The molecule has 1 aliphatic carbocycles. The molecule has 12 heteroatoms. The number of rotatable bonds is 6. The SMILES string of the molecule is CC(C)OC(=O)N1CCN([C@H]2c3ccc(Cl)cc3C(C(NS(C)(=O)=O)c3cncn3C)=Cc3cccnc32)CC1. The first-order valence-electron chi connectivity index (χ1n) is 13.1. The molecule has 10 nitrogen and oxygen atoms in total. The van der Waals surface area contributed by atoms with E-state index < -0.39 is 16.1 Å². The number of imidazole rings is 1. The highest BCUT2D eigenvalue weighted by Crippen LogP contribution is 2.44. The molecule has 3 heterocycles. The quantitative estimate of drug-likeness (QED) is 0.468. The molecular formula is C28H33ClN6O4S. The van der Waals surface area contributed by atoms with Gasteiger partial charge in [0.25, 0.3) is 0 Å². The van der Waals surface area contributed by atoms with Gasteiger partial charge in [-0.1, -0.05) is 23.7 Å². The lowest BCUT2D eigenvalue weighted by molar-refractivity contribution is 0.0513. The summed E-state index contributed by atoms with van der Waals surface area (Å²) in [5.41, 5.74) is 4.92. The van der Waals surface area contributed by atoms with Gasteiger partial charge in [0.1, 0.15) is 0 Å². The van der Waals surface area contributed by atoms with Crippen LogP contribution >= 0.6 is 11.6 Å². The molecule has 1 aliphatic heterocycles. The van der Waals surface area contributed by atoms with Crippen LogP contribution in [-0.2, 0) is 21.8 Å². The van der Waals surface area contributed by atoms with E-state index in [4.69, 9.17) is 21.3 Å². The Morgan fingerprint density at radius 2 is 1.93 bits per heavy atom. The van der Waals surface area contributed by atoms with Crippen molar-refractivity contribution in [2.45, 2.75) is 32.0 Å². The smallest absolute Gasteiger partial charge is 0.410 e. The molecule has 1 fully saturated rings. The lowest BCUT2D eigenvalue weighted by atomic mass is 9.90. The maximum Gasteiger partial charge on any atom is 0.410 e. The minimum Gasteiger partial charge on any atom is -0.447 e. The normalized spacial score (nSPS) is 18.5. The second kappa shape index (κ2) is 11.3. The fraction of sp³-hybridized carbons (Fsp3) is 0.393. The Labute approximate surface area is 239 Å². The molecule has 0 spiro atoms. The van der Waals surface area contributed by atoms with Crippen molar-refractivity contribution in [3.63, 3.8) is 0 Å². The van der Waals surface area contributed by atoms with Crippen LogP contribution in [0.4, 0.5) is 4.79 Å². The molecule has 1 aromatic carbocycles. The third-order valence-corrected chi connectivity index (χ3v) is 8.03. The van der Waals surface area contributed by atoms with E-state index in [1.54, 1.807) is 28.2 Å². The maximum absolute atomic E-state index is 12.6. The van der Waals surface area contributed by atoms with E-state index in [9.17, 15) is 13.2 Å². The zero-order valence-corrected chi connectivity index (χ0v) is 24.5. The summed E-state index contributed by atoms with van der Waals surface area (Å²) in [6, 6.07) is 8.60. The van der Waals surface area contributed by atoms with Gasteiger partial charge in [-0.15, -0.1) is 0 Å². The number of amides is 1. The van der Waals surface area contributed by atoms with Crippen LogP contribution in [0.25, 0.3) is 11.6 Å². The van der Waals surface area contributed by atoms with Crippen LogP contribution in [0, 0.1) is 0 Å². The van der Waals surface area contributed by atoms with Crippen molar-refractivity contribution >= 4 is 39.4 Å². The number of piperazine rings is 1. The number of hydrogen-bond acceptors (Lipinski definition) is 7. The van der Waals surface area contributed by atoms with Gasteiger partial charge in [-0.05, 0) is 60.4 Å². The highest BCUT2D eigenvalue weighted by atomic mass is 35.5. The standard InChI is InChI=1S/C28H33ClN6O4S/c1-18(2)39-28(36)35-12-10-34(11-13-35)27-21-8-7-20(29)15-22(21)23(14-19-6-5-9-31-25(19)27)26(32-40(4,37)38)24-16-30-17-33(24)3/h5-9,14-18,26-27,32H,10-13H2,1-4H3/t26?,27-/m0/s1. The van der Waals surface area contributed by atoms with E-state index in [2.05, 4.69) is 14.6 Å². The monoisotopic (exact) mass is 584 g/mol. The Kier molecular flexibility index (Phi) is 8.01. The minimum atomic E-state index is -3.61. The van der Waals surface area contributed by atoms with Gasteiger partial charge >= 0.3 is 6.09 Å². The van der Waals surface area contributed by atoms with E-state index >= 15 is 0 Å². The van der Waals surface area contributed by atoms with Crippen LogP contribution in [-0.4, -0.2) is 77.4 Å². The van der Waals surface area contributed by atoms with Gasteiger partial charge in [0, 0.05) is 44.4 Å². The van der Waals surface area contributed by atoms with Crippen molar-refractivity contribution in [2.24, 2.45) is 7.05 Å². The van der Waals surface area contributed by atoms with Gasteiger partial charge in [-0.25, -0.2) is 22.9 Å². The Balaban J connectivity index is 1.62. The van der Waals surface area contributed by atoms with Gasteiger partial charge in [-0.2, -0.15) is 0 Å². The van der Waals surface area contributed by atoms with Gasteiger partial charge in [0.15, 0.2) is 0 Å². The predicted octanol–water partition coefficient (Wildman–Crippen LogP) is 3.87. The molecule has 2 aliphatic rings. The third-order valence-electron chi connectivity index (χ3n) is 7.13. The van der Waals surface area contributed by atoms with Crippen molar-refractivity contribution in [1.82, 2.24) is 29.1 Å². The first-order valence-corrected chi connectivity index (χ1v) is 15.4. The second-order valence-electron chi connectivity index (χ2n) is 10.4. The lowest BCUT2D eigenvalue weighted by Gasteiger charge is -2.39. The molecule has 1 N–H and O–H groups in total. The number of aryl methyl sites for hydroxylation is 1. The molecule has 1 saturated heterocycles. The van der Waals surface area contributed by atoms with E-state index in [1.165, 1.54) is 0 Å². The fourth-order valence-electron chi connectivity index (χ4n) is 5.38. The van der Waals surface area contributed by atoms with Crippen LogP contribution in [0.3, 0.4) is 0 Å². The van der Waals surface area contributed by atoms with Crippen LogP contribution in [0.2, 0.25) is 5.02 Å². The van der Waals surface area contributed by atoms with Crippen molar-refractivity contribution in [1.29, 1.82) is 0 Å². The van der Waals surface area contributed by atoms with Crippen LogP contribution in [0.1, 0.15) is 54.0 Å². The van der Waals surface area contributed by atoms with Crippen LogP contribution in [0.15, 0.2) is 49.1 Å². The molecule has 40 heavy (non-hydrogen) atoms. The molecule has 1 unspecified atom stereocenters. The van der Waals surface area contributed by atoms with E-state index in [0.29, 0.717) is 36.9 Å². The van der Waals surface area contributed by atoms with Gasteiger partial charge < -0.3 is 14.2 Å². The second-order valence-corrected chi connectivity index (χ2v) is 12.6. The van der Waals surface area contributed by atoms with Crippen molar-refractivity contribution in [3.8, 4) is 0 Å². The number of pyridine rings is 1. The van der Waals surface area contributed by atoms with Crippen molar-refractivity contribution in [3.05, 3.63) is 82.2 Å². The highest BCUT2D eigenvalue weighted by Gasteiger charge is 2.36. The molecule has 3 aromatic rings. The number of halogens is 1. The molecule has 1 amide bonds. The number of carbonyl (C=O) groups excluding carboxylic acids is 1. The molecule has 0 saturated carbocycles. The van der Waals surface area contributed by atoms with Crippen molar-refractivity contribution < 1.29 is 17.9 Å². The number of sulfonamides is 1. The Morgan fingerprint density at radius 3 is 2.58 bits per heavy atom. The predicted molar refractivity (Wildman–Crippen MR) is 154 cm³/mol. The molecular weight excluding hydrogens is 552 g/mol. The first-order chi connectivity index (χ1) is 19.0. The Bertz CT molecular complexity index is 1550. The van der Waals surface area contributed by atoms with E-state index in [0.717, 1.165) is 34.2 Å².